The quantitative estimate of drug-likeness (QED) is 0.324. The average molecular weight is 565 g/mol. The lowest BCUT2D eigenvalue weighted by molar-refractivity contribution is -0.357. The van der Waals surface area contributed by atoms with Crippen molar-refractivity contribution in [1.29, 1.82) is 21.0 Å². The minimum Gasteiger partial charge on any atom is -0.341 e. The molecule has 2 saturated heterocycles. The maximum atomic E-state index is 9.30. The summed E-state index contributed by atoms with van der Waals surface area (Å²) < 4.78 is 26.4. The van der Waals surface area contributed by atoms with Gasteiger partial charge in [0, 0.05) is 22.3 Å². The molecule has 0 N–H and O–H groups in total. The highest BCUT2D eigenvalue weighted by Gasteiger charge is 2.53. The highest BCUT2D eigenvalue weighted by Crippen LogP contribution is 2.47. The zero-order valence-corrected chi connectivity index (χ0v) is 23.0. The Morgan fingerprint density at radius 2 is 0.581 bits per heavy atom. The van der Waals surface area contributed by atoms with Gasteiger partial charge in [-0.2, -0.15) is 21.0 Å². The molecule has 0 aliphatic carbocycles. The molecule has 2 aliphatic heterocycles. The molecular formula is C35H24N4O4. The van der Waals surface area contributed by atoms with Crippen molar-refractivity contribution in [3.63, 3.8) is 0 Å². The van der Waals surface area contributed by atoms with E-state index < -0.39 is 17.0 Å². The van der Waals surface area contributed by atoms with Crippen LogP contribution in [0.2, 0.25) is 0 Å². The third-order valence-electron chi connectivity index (χ3n) is 7.90. The molecule has 43 heavy (non-hydrogen) atoms. The van der Waals surface area contributed by atoms with E-state index in [1.165, 1.54) is 0 Å². The summed E-state index contributed by atoms with van der Waals surface area (Å²) in [5.41, 5.74) is 4.29. The smallest absolute Gasteiger partial charge is 0.222 e. The summed E-state index contributed by atoms with van der Waals surface area (Å²) in [5, 5.41) is 37.2. The van der Waals surface area contributed by atoms with E-state index in [2.05, 4.69) is 24.3 Å². The first-order valence-electron chi connectivity index (χ1n) is 13.6. The number of hydrogen-bond donors (Lipinski definition) is 0. The van der Waals surface area contributed by atoms with Crippen LogP contribution in [0.3, 0.4) is 0 Å². The minimum atomic E-state index is -1.26. The van der Waals surface area contributed by atoms with Crippen LogP contribution in [0.4, 0.5) is 0 Å². The van der Waals surface area contributed by atoms with Crippen LogP contribution >= 0.6 is 0 Å². The van der Waals surface area contributed by atoms with Crippen molar-refractivity contribution in [2.45, 2.75) is 11.6 Å². The maximum Gasteiger partial charge on any atom is 0.222 e. The van der Waals surface area contributed by atoms with Crippen molar-refractivity contribution < 1.29 is 18.9 Å². The molecule has 0 radical (unpaired) electrons. The van der Waals surface area contributed by atoms with E-state index in [4.69, 9.17) is 18.9 Å². The van der Waals surface area contributed by atoms with Crippen molar-refractivity contribution in [3.05, 3.63) is 142 Å². The van der Waals surface area contributed by atoms with Crippen LogP contribution in [0.5, 0.6) is 0 Å². The normalized spacial score (nSPS) is 18.0. The van der Waals surface area contributed by atoms with E-state index in [1.54, 1.807) is 48.5 Å². The second-order valence-electron chi connectivity index (χ2n) is 10.6. The van der Waals surface area contributed by atoms with Gasteiger partial charge in [0.1, 0.15) is 0 Å². The monoisotopic (exact) mass is 564 g/mol. The molecule has 4 aromatic rings. The molecule has 0 bridgehead atoms. The summed E-state index contributed by atoms with van der Waals surface area (Å²) >= 11 is 0. The van der Waals surface area contributed by atoms with Crippen LogP contribution in [-0.2, 0) is 30.5 Å². The van der Waals surface area contributed by atoms with Gasteiger partial charge in [0.25, 0.3) is 0 Å². The number of nitriles is 4. The lowest BCUT2D eigenvalue weighted by Gasteiger charge is -2.51. The standard InChI is InChI=1S/C35H24N4O4/c36-17-25-1-9-29(10-2-25)34(30-11-3-26(18-37)4-12-30)40-21-33(22-41-34)23-42-35(43-24-33,31-13-5-27(19-38)6-14-31)32-15-7-28(20-39)8-16-32/h1-16H,21-24H2. The second-order valence-corrected chi connectivity index (χ2v) is 10.6. The van der Waals surface area contributed by atoms with Gasteiger partial charge in [-0.15, -0.1) is 0 Å². The number of benzene rings is 4. The van der Waals surface area contributed by atoms with Crippen LogP contribution in [0.1, 0.15) is 44.5 Å². The number of rotatable bonds is 4. The zero-order valence-electron chi connectivity index (χ0n) is 23.0. The summed E-state index contributed by atoms with van der Waals surface area (Å²) in [4.78, 5) is 0. The van der Waals surface area contributed by atoms with Crippen LogP contribution in [-0.4, -0.2) is 26.4 Å². The number of ether oxygens (including phenoxy) is 4. The van der Waals surface area contributed by atoms with E-state index in [0.717, 1.165) is 0 Å². The van der Waals surface area contributed by atoms with Gasteiger partial charge >= 0.3 is 0 Å². The molecule has 2 aliphatic rings. The highest BCUT2D eigenvalue weighted by atomic mass is 16.7. The Bertz CT molecular complexity index is 1530. The molecule has 0 amide bonds. The van der Waals surface area contributed by atoms with E-state index in [-0.39, 0.29) is 26.4 Å². The van der Waals surface area contributed by atoms with Crippen molar-refractivity contribution in [2.75, 3.05) is 26.4 Å². The Kier molecular flexibility index (Phi) is 7.22. The Balaban J connectivity index is 1.30. The SMILES string of the molecule is N#Cc1ccc(C2(c3ccc(C#N)cc3)OCC3(CO2)COC(c2ccc(C#N)cc2)(c2ccc(C#N)cc2)OC3)cc1. The lowest BCUT2D eigenvalue weighted by atomic mass is 9.85. The zero-order chi connectivity index (χ0) is 29.9. The van der Waals surface area contributed by atoms with Crippen LogP contribution in [0.15, 0.2) is 97.1 Å². The van der Waals surface area contributed by atoms with Gasteiger partial charge in [-0.25, -0.2) is 0 Å². The molecule has 0 aromatic heterocycles. The van der Waals surface area contributed by atoms with E-state index >= 15 is 0 Å². The predicted molar refractivity (Wildman–Crippen MR) is 152 cm³/mol. The second kappa shape index (κ2) is 11.2. The molecule has 0 saturated carbocycles. The van der Waals surface area contributed by atoms with Gasteiger partial charge in [-0.05, 0) is 48.5 Å². The van der Waals surface area contributed by atoms with Crippen molar-refractivity contribution in [1.82, 2.24) is 0 Å². The van der Waals surface area contributed by atoms with E-state index in [1.807, 2.05) is 48.5 Å². The molecule has 8 heteroatoms. The summed E-state index contributed by atoms with van der Waals surface area (Å²) in [6.45, 7) is 0.960. The fraction of sp³-hybridized carbons (Fsp3) is 0.200. The minimum absolute atomic E-state index is 0.240. The number of hydrogen-bond acceptors (Lipinski definition) is 8. The van der Waals surface area contributed by atoms with Crippen molar-refractivity contribution in [2.24, 2.45) is 5.41 Å². The molecule has 4 aromatic carbocycles. The Morgan fingerprint density at radius 3 is 0.767 bits per heavy atom. The van der Waals surface area contributed by atoms with Gasteiger partial charge in [0.2, 0.25) is 11.6 Å². The van der Waals surface area contributed by atoms with Gasteiger partial charge in [-0.1, -0.05) is 48.5 Å². The molecule has 0 atom stereocenters. The lowest BCUT2D eigenvalue weighted by Crippen LogP contribution is -2.57. The van der Waals surface area contributed by atoms with Crippen LogP contribution in [0, 0.1) is 50.7 Å². The van der Waals surface area contributed by atoms with Crippen LogP contribution < -0.4 is 0 Å². The Labute approximate surface area is 249 Å². The summed E-state index contributed by atoms with van der Waals surface area (Å²) in [5.74, 6) is -2.52. The number of nitrogens with zero attached hydrogens (tertiary/aromatic N) is 4. The first-order chi connectivity index (χ1) is 21.0. The fourth-order valence-electron chi connectivity index (χ4n) is 5.41. The first kappa shape index (κ1) is 27.8. The molecule has 8 nitrogen and oxygen atoms in total. The van der Waals surface area contributed by atoms with E-state index in [0.29, 0.717) is 44.5 Å². The van der Waals surface area contributed by atoms with Gasteiger partial charge in [0.05, 0.1) is 78.4 Å². The summed E-state index contributed by atoms with van der Waals surface area (Å²) in [7, 11) is 0. The van der Waals surface area contributed by atoms with Gasteiger partial charge < -0.3 is 18.9 Å². The topological polar surface area (TPSA) is 132 Å². The average Bonchev–Trinajstić information content (AvgIpc) is 3.09. The predicted octanol–water partition coefficient (Wildman–Crippen LogP) is 5.36. The van der Waals surface area contributed by atoms with Gasteiger partial charge in [0.15, 0.2) is 0 Å². The summed E-state index contributed by atoms with van der Waals surface area (Å²) in [6, 6.07) is 36.7. The maximum absolute atomic E-state index is 9.30. The highest BCUT2D eigenvalue weighted by molar-refractivity contribution is 5.43. The molecule has 1 spiro atoms. The third-order valence-corrected chi connectivity index (χ3v) is 7.90. The molecule has 208 valence electrons. The van der Waals surface area contributed by atoms with E-state index in [9.17, 15) is 21.0 Å². The van der Waals surface area contributed by atoms with Crippen LogP contribution in [0.25, 0.3) is 0 Å². The summed E-state index contributed by atoms with van der Waals surface area (Å²) in [6.07, 6.45) is 0. The molecule has 6 rings (SSSR count). The molecule has 0 unspecified atom stereocenters. The van der Waals surface area contributed by atoms with Gasteiger partial charge in [-0.3, -0.25) is 0 Å². The fourth-order valence-corrected chi connectivity index (χ4v) is 5.41. The Morgan fingerprint density at radius 1 is 0.372 bits per heavy atom. The van der Waals surface area contributed by atoms with Crippen molar-refractivity contribution in [3.8, 4) is 24.3 Å². The molecular weight excluding hydrogens is 540 g/mol. The molecule has 2 fully saturated rings. The first-order valence-corrected chi connectivity index (χ1v) is 13.6. The van der Waals surface area contributed by atoms with Crippen molar-refractivity contribution >= 4 is 0 Å². The largest absolute Gasteiger partial charge is 0.341 e. The third kappa shape index (κ3) is 4.92. The molecule has 2 heterocycles. The Hall–Kier alpha value is -5.32.